The fourth-order valence-electron chi connectivity index (χ4n) is 2.57. The number of rotatable bonds is 4. The zero-order valence-corrected chi connectivity index (χ0v) is 13.7. The lowest BCUT2D eigenvalue weighted by Crippen LogP contribution is -2.34. The fraction of sp³-hybridized carbons (Fsp3) is 0.125. The van der Waals surface area contributed by atoms with Crippen LogP contribution in [0.2, 0.25) is 0 Å². The largest absolute Gasteiger partial charge is 0.373 e. The molecule has 2 aromatic carbocycles. The predicted octanol–water partition coefficient (Wildman–Crippen LogP) is 1.22. The van der Waals surface area contributed by atoms with E-state index in [1.165, 1.54) is 30.3 Å². The predicted molar refractivity (Wildman–Crippen MR) is 88.7 cm³/mol. The van der Waals surface area contributed by atoms with E-state index >= 15 is 0 Å². The van der Waals surface area contributed by atoms with Gasteiger partial charge in [-0.15, -0.1) is 0 Å². The van der Waals surface area contributed by atoms with E-state index in [1.54, 1.807) is 6.07 Å². The number of sulfonamides is 1. The number of amides is 2. The van der Waals surface area contributed by atoms with Gasteiger partial charge < -0.3 is 5.32 Å². The summed E-state index contributed by atoms with van der Waals surface area (Å²) in [6.07, 6.45) is -0.101. The van der Waals surface area contributed by atoms with Gasteiger partial charge in [0.25, 0.3) is 5.91 Å². The first-order valence-corrected chi connectivity index (χ1v) is 8.82. The Hall–Kier alpha value is -2.78. The number of anilines is 2. The lowest BCUT2D eigenvalue weighted by atomic mass is 10.2. The van der Waals surface area contributed by atoms with E-state index in [9.17, 15) is 22.4 Å². The van der Waals surface area contributed by atoms with Crippen molar-refractivity contribution in [1.82, 2.24) is 0 Å². The van der Waals surface area contributed by atoms with Crippen LogP contribution in [-0.2, 0) is 19.6 Å². The highest BCUT2D eigenvalue weighted by Gasteiger charge is 2.39. The Morgan fingerprint density at radius 1 is 1.12 bits per heavy atom. The number of imide groups is 1. The number of hydrogen-bond acceptors (Lipinski definition) is 5. The van der Waals surface area contributed by atoms with Crippen LogP contribution < -0.4 is 15.4 Å². The highest BCUT2D eigenvalue weighted by Crippen LogP contribution is 2.25. The highest BCUT2D eigenvalue weighted by atomic mass is 32.2. The minimum Gasteiger partial charge on any atom is -0.373 e. The number of halogens is 1. The van der Waals surface area contributed by atoms with E-state index < -0.39 is 33.7 Å². The van der Waals surface area contributed by atoms with Crippen molar-refractivity contribution in [3.05, 3.63) is 54.3 Å². The topological polar surface area (TPSA) is 110 Å². The second-order valence-corrected chi connectivity index (χ2v) is 7.08. The van der Waals surface area contributed by atoms with Gasteiger partial charge in [0.2, 0.25) is 15.9 Å². The molecule has 1 atom stereocenters. The zero-order valence-electron chi connectivity index (χ0n) is 12.8. The molecule has 130 valence electrons. The second kappa shape index (κ2) is 6.26. The molecule has 0 bridgehead atoms. The summed E-state index contributed by atoms with van der Waals surface area (Å²) >= 11 is 0. The lowest BCUT2D eigenvalue weighted by molar-refractivity contribution is -0.121. The molecule has 0 spiro atoms. The van der Waals surface area contributed by atoms with Gasteiger partial charge in [0, 0.05) is 5.69 Å². The SMILES string of the molecule is NS(=O)(=O)c1cccc(N[C@@H]2CC(=O)N(c3ccc(F)cc3)C2=O)c1. The Morgan fingerprint density at radius 3 is 2.44 bits per heavy atom. The van der Waals surface area contributed by atoms with Gasteiger partial charge >= 0.3 is 0 Å². The molecule has 1 saturated heterocycles. The van der Waals surface area contributed by atoms with Gasteiger partial charge in [-0.25, -0.2) is 22.8 Å². The summed E-state index contributed by atoms with van der Waals surface area (Å²) in [5.41, 5.74) is 0.623. The number of nitrogens with zero attached hydrogens (tertiary/aromatic N) is 1. The van der Waals surface area contributed by atoms with Crippen LogP contribution in [0.4, 0.5) is 15.8 Å². The number of carbonyl (C=O) groups is 2. The van der Waals surface area contributed by atoms with Crippen molar-refractivity contribution < 1.29 is 22.4 Å². The average Bonchev–Trinajstić information content (AvgIpc) is 2.82. The van der Waals surface area contributed by atoms with E-state index in [0.29, 0.717) is 5.69 Å². The van der Waals surface area contributed by atoms with Crippen molar-refractivity contribution in [3.63, 3.8) is 0 Å². The number of benzene rings is 2. The van der Waals surface area contributed by atoms with Crippen LogP contribution in [0, 0.1) is 5.82 Å². The molecule has 1 aliphatic heterocycles. The van der Waals surface area contributed by atoms with Gasteiger partial charge in [-0.05, 0) is 42.5 Å². The van der Waals surface area contributed by atoms with Crippen molar-refractivity contribution >= 4 is 33.2 Å². The first-order chi connectivity index (χ1) is 11.8. The Bertz CT molecular complexity index is 944. The highest BCUT2D eigenvalue weighted by molar-refractivity contribution is 7.89. The molecule has 2 amide bonds. The first-order valence-electron chi connectivity index (χ1n) is 7.27. The molecule has 1 heterocycles. The standard InChI is InChI=1S/C16H14FN3O4S/c17-10-4-6-12(7-5-10)20-15(21)9-14(16(20)22)19-11-2-1-3-13(8-11)25(18,23)24/h1-8,14,19H,9H2,(H2,18,23,24)/t14-/m1/s1. The molecular weight excluding hydrogens is 349 g/mol. The minimum atomic E-state index is -3.88. The maximum atomic E-state index is 13.0. The Kier molecular flexibility index (Phi) is 4.27. The monoisotopic (exact) mass is 363 g/mol. The van der Waals surface area contributed by atoms with Crippen molar-refractivity contribution in [2.75, 3.05) is 10.2 Å². The fourth-order valence-corrected chi connectivity index (χ4v) is 3.13. The van der Waals surface area contributed by atoms with Crippen LogP contribution in [0.5, 0.6) is 0 Å². The van der Waals surface area contributed by atoms with Gasteiger partial charge in [0.05, 0.1) is 17.0 Å². The number of hydrogen-bond donors (Lipinski definition) is 2. The van der Waals surface area contributed by atoms with E-state index in [1.807, 2.05) is 0 Å². The second-order valence-electron chi connectivity index (χ2n) is 5.52. The maximum Gasteiger partial charge on any atom is 0.256 e. The number of nitrogens with one attached hydrogen (secondary N) is 1. The summed E-state index contributed by atoms with van der Waals surface area (Å²) in [7, 11) is -3.88. The quantitative estimate of drug-likeness (QED) is 0.794. The molecule has 7 nitrogen and oxygen atoms in total. The smallest absolute Gasteiger partial charge is 0.256 e. The van der Waals surface area contributed by atoms with Crippen LogP contribution in [-0.4, -0.2) is 26.3 Å². The average molecular weight is 363 g/mol. The molecule has 0 aromatic heterocycles. The summed E-state index contributed by atoms with van der Waals surface area (Å²) in [4.78, 5) is 25.5. The van der Waals surface area contributed by atoms with Gasteiger partial charge in [0.15, 0.2) is 0 Å². The van der Waals surface area contributed by atoms with E-state index in [0.717, 1.165) is 17.0 Å². The molecule has 9 heteroatoms. The van der Waals surface area contributed by atoms with Crippen LogP contribution in [0.25, 0.3) is 0 Å². The van der Waals surface area contributed by atoms with Gasteiger partial charge in [-0.2, -0.15) is 0 Å². The lowest BCUT2D eigenvalue weighted by Gasteiger charge is -2.16. The van der Waals surface area contributed by atoms with Crippen LogP contribution in [0.1, 0.15) is 6.42 Å². The summed E-state index contributed by atoms with van der Waals surface area (Å²) < 4.78 is 35.8. The molecule has 0 saturated carbocycles. The van der Waals surface area contributed by atoms with E-state index in [2.05, 4.69) is 5.32 Å². The molecule has 1 aliphatic rings. The Morgan fingerprint density at radius 2 is 1.80 bits per heavy atom. The van der Waals surface area contributed by atoms with Crippen molar-refractivity contribution in [2.45, 2.75) is 17.4 Å². The Labute approximate surface area is 143 Å². The molecule has 1 fully saturated rings. The maximum absolute atomic E-state index is 13.0. The third-order valence-corrected chi connectivity index (χ3v) is 4.65. The van der Waals surface area contributed by atoms with Crippen molar-refractivity contribution in [3.8, 4) is 0 Å². The number of nitrogens with two attached hydrogens (primary N) is 1. The van der Waals surface area contributed by atoms with Gasteiger partial charge in [-0.1, -0.05) is 6.07 Å². The molecule has 0 radical (unpaired) electrons. The molecule has 3 rings (SSSR count). The van der Waals surface area contributed by atoms with Crippen LogP contribution >= 0.6 is 0 Å². The number of carbonyl (C=O) groups excluding carboxylic acids is 2. The number of primary sulfonamides is 1. The normalized spacial score (nSPS) is 17.8. The third kappa shape index (κ3) is 3.52. The minimum absolute atomic E-state index is 0.101. The summed E-state index contributed by atoms with van der Waals surface area (Å²) in [5, 5.41) is 7.92. The van der Waals surface area contributed by atoms with Crippen LogP contribution in [0.15, 0.2) is 53.4 Å². The molecule has 0 aliphatic carbocycles. The summed E-state index contributed by atoms with van der Waals surface area (Å²) in [6.45, 7) is 0. The molecular formula is C16H14FN3O4S. The summed E-state index contributed by atoms with van der Waals surface area (Å²) in [6, 6.07) is 9.80. The molecule has 0 unspecified atom stereocenters. The van der Waals surface area contributed by atoms with Crippen molar-refractivity contribution in [2.24, 2.45) is 5.14 Å². The van der Waals surface area contributed by atoms with Crippen molar-refractivity contribution in [1.29, 1.82) is 0 Å². The first kappa shape index (κ1) is 17.1. The Balaban J connectivity index is 1.82. The van der Waals surface area contributed by atoms with E-state index in [4.69, 9.17) is 5.14 Å². The molecule has 2 aromatic rings. The summed E-state index contributed by atoms with van der Waals surface area (Å²) in [5.74, 6) is -1.41. The van der Waals surface area contributed by atoms with Crippen LogP contribution in [0.3, 0.4) is 0 Å². The van der Waals surface area contributed by atoms with Gasteiger partial charge in [-0.3, -0.25) is 9.59 Å². The molecule has 3 N–H and O–H groups in total. The zero-order chi connectivity index (χ0) is 18.2. The van der Waals surface area contributed by atoms with E-state index in [-0.39, 0.29) is 17.0 Å². The third-order valence-electron chi connectivity index (χ3n) is 3.73. The van der Waals surface area contributed by atoms with Gasteiger partial charge in [0.1, 0.15) is 11.9 Å². The molecule has 25 heavy (non-hydrogen) atoms.